The highest BCUT2D eigenvalue weighted by Crippen LogP contribution is 2.41. The summed E-state index contributed by atoms with van der Waals surface area (Å²) in [5.74, 6) is 0. The van der Waals surface area contributed by atoms with E-state index < -0.39 is 5.67 Å². The van der Waals surface area contributed by atoms with Crippen molar-refractivity contribution in [1.82, 2.24) is 0 Å². The van der Waals surface area contributed by atoms with Crippen molar-refractivity contribution in [3.63, 3.8) is 0 Å². The summed E-state index contributed by atoms with van der Waals surface area (Å²) >= 11 is 0. The summed E-state index contributed by atoms with van der Waals surface area (Å²) < 4.78 is 25.6. The van der Waals surface area contributed by atoms with Crippen LogP contribution in [0.25, 0.3) is 0 Å². The molecule has 1 saturated heterocycles. The van der Waals surface area contributed by atoms with Gasteiger partial charge in [-0.2, -0.15) is 9.59 Å². The van der Waals surface area contributed by atoms with Crippen LogP contribution in [0.2, 0.25) is 0 Å². The normalized spacial score (nSPS) is 30.9. The average molecular weight is 284 g/mol. The molecule has 112 valence electrons. The Morgan fingerprint density at radius 2 is 1.60 bits per heavy atom. The molecule has 0 aromatic rings. The Balaban J connectivity index is 0.000000612. The zero-order valence-electron chi connectivity index (χ0n) is 12.8. The van der Waals surface area contributed by atoms with E-state index in [1.807, 2.05) is 33.8 Å². The minimum atomic E-state index is -1.06. The number of rotatable bonds is 1. The summed E-state index contributed by atoms with van der Waals surface area (Å²) in [5, 5.41) is 0. The molecule has 0 bridgehead atoms. The lowest BCUT2D eigenvalue weighted by molar-refractivity contribution is -0.191. The fraction of sp³-hybridized carbons (Fsp3) is 0.786. The van der Waals surface area contributed by atoms with Gasteiger partial charge >= 0.3 is 13.3 Å². The summed E-state index contributed by atoms with van der Waals surface area (Å²) in [5.41, 5.74) is -0.587. The van der Waals surface area contributed by atoms with Crippen molar-refractivity contribution in [1.29, 1.82) is 0 Å². The van der Waals surface area contributed by atoms with E-state index in [9.17, 15) is 4.39 Å². The number of hydrogen-bond acceptors (Lipinski definition) is 4. The zero-order valence-corrected chi connectivity index (χ0v) is 12.8. The van der Waals surface area contributed by atoms with Crippen LogP contribution in [-0.2, 0) is 18.9 Å². The molecule has 0 N–H and O–H groups in total. The van der Waals surface area contributed by atoms with Crippen LogP contribution in [0.4, 0.5) is 4.39 Å². The molecule has 0 spiro atoms. The second kappa shape index (κ2) is 5.80. The molecule has 1 unspecified atom stereocenters. The molecule has 2 aliphatic rings. The minimum absolute atomic E-state index is 0.250. The van der Waals surface area contributed by atoms with Gasteiger partial charge in [-0.3, -0.25) is 0 Å². The summed E-state index contributed by atoms with van der Waals surface area (Å²) in [6.45, 7) is 9.81. The van der Waals surface area contributed by atoms with E-state index in [4.69, 9.17) is 18.9 Å². The Morgan fingerprint density at radius 1 is 1.15 bits per heavy atom. The number of allylic oxidation sites excluding steroid dienone is 2. The molecule has 1 aliphatic heterocycles. The standard InChI is InChI=1S/C13H22BFO2.CO2/c1-11(2)12(3,4)17-14(16-11)10-6-8-13(5,15)9-7-10;2-1-3/h6H,7-9H2,1-5H3;. The number of carbonyl (C=O) groups excluding carboxylic acids is 2. The van der Waals surface area contributed by atoms with E-state index in [1.165, 1.54) is 0 Å². The van der Waals surface area contributed by atoms with E-state index in [0.717, 1.165) is 11.9 Å². The third-order valence-corrected chi connectivity index (χ3v) is 4.28. The molecule has 1 atom stereocenters. The van der Waals surface area contributed by atoms with Gasteiger partial charge in [0.2, 0.25) is 0 Å². The van der Waals surface area contributed by atoms with Crippen molar-refractivity contribution in [2.75, 3.05) is 0 Å². The second-order valence-electron chi connectivity index (χ2n) is 6.57. The fourth-order valence-electron chi connectivity index (χ4n) is 2.16. The highest BCUT2D eigenvalue weighted by Gasteiger charge is 2.52. The van der Waals surface area contributed by atoms with Gasteiger partial charge < -0.3 is 9.31 Å². The molecule has 1 aliphatic carbocycles. The first-order chi connectivity index (χ1) is 9.04. The molecule has 4 nitrogen and oxygen atoms in total. The van der Waals surface area contributed by atoms with E-state index in [-0.39, 0.29) is 24.5 Å². The van der Waals surface area contributed by atoms with Crippen molar-refractivity contribution >= 4 is 13.3 Å². The molecule has 0 saturated carbocycles. The summed E-state index contributed by atoms with van der Waals surface area (Å²) in [6, 6.07) is 0. The van der Waals surface area contributed by atoms with Crippen LogP contribution in [0.3, 0.4) is 0 Å². The first-order valence-corrected chi connectivity index (χ1v) is 6.77. The van der Waals surface area contributed by atoms with Gasteiger partial charge in [-0.25, -0.2) is 4.39 Å². The van der Waals surface area contributed by atoms with Crippen LogP contribution in [0.1, 0.15) is 53.9 Å². The predicted molar refractivity (Wildman–Crippen MR) is 72.5 cm³/mol. The van der Waals surface area contributed by atoms with Crippen LogP contribution in [0, 0.1) is 0 Å². The van der Waals surface area contributed by atoms with Crippen molar-refractivity contribution in [2.24, 2.45) is 0 Å². The first-order valence-electron chi connectivity index (χ1n) is 6.77. The van der Waals surface area contributed by atoms with Gasteiger partial charge in [0.25, 0.3) is 0 Å². The Labute approximate surface area is 119 Å². The van der Waals surface area contributed by atoms with Gasteiger partial charge in [-0.15, -0.1) is 0 Å². The topological polar surface area (TPSA) is 52.6 Å². The highest BCUT2D eigenvalue weighted by atomic mass is 19.1. The van der Waals surface area contributed by atoms with E-state index in [2.05, 4.69) is 0 Å². The fourth-order valence-corrected chi connectivity index (χ4v) is 2.16. The van der Waals surface area contributed by atoms with Crippen LogP contribution in [-0.4, -0.2) is 30.1 Å². The van der Waals surface area contributed by atoms with E-state index in [1.54, 1.807) is 6.92 Å². The largest absolute Gasteiger partial charge is 0.490 e. The Morgan fingerprint density at radius 3 is 1.95 bits per heavy atom. The Hall–Kier alpha value is -0.965. The third kappa shape index (κ3) is 3.78. The van der Waals surface area contributed by atoms with E-state index >= 15 is 0 Å². The van der Waals surface area contributed by atoms with Crippen molar-refractivity contribution in [3.8, 4) is 0 Å². The molecule has 1 fully saturated rings. The van der Waals surface area contributed by atoms with Crippen molar-refractivity contribution in [3.05, 3.63) is 11.5 Å². The molecule has 0 radical (unpaired) electrons. The van der Waals surface area contributed by atoms with Crippen LogP contribution in [0.5, 0.6) is 0 Å². The second-order valence-corrected chi connectivity index (χ2v) is 6.57. The monoisotopic (exact) mass is 284 g/mol. The first kappa shape index (κ1) is 17.1. The molecule has 2 rings (SSSR count). The van der Waals surface area contributed by atoms with Crippen molar-refractivity contribution in [2.45, 2.75) is 70.8 Å². The third-order valence-electron chi connectivity index (χ3n) is 4.28. The van der Waals surface area contributed by atoms with Gasteiger partial charge in [0, 0.05) is 0 Å². The maximum atomic E-state index is 13.7. The Bertz CT molecular complexity index is 407. The van der Waals surface area contributed by atoms with Gasteiger partial charge in [-0.05, 0) is 59.4 Å². The zero-order chi connectivity index (χ0) is 15.6. The van der Waals surface area contributed by atoms with Crippen LogP contribution < -0.4 is 0 Å². The maximum absolute atomic E-state index is 13.7. The van der Waals surface area contributed by atoms with Crippen molar-refractivity contribution < 1.29 is 23.3 Å². The quantitative estimate of drug-likeness (QED) is 0.695. The molecule has 0 aromatic heterocycles. The van der Waals surface area contributed by atoms with Gasteiger partial charge in [0.1, 0.15) is 5.67 Å². The molecule has 6 heteroatoms. The maximum Gasteiger partial charge on any atom is 0.490 e. The molecular formula is C14H22BFO4. The lowest BCUT2D eigenvalue weighted by atomic mass is 9.70. The summed E-state index contributed by atoms with van der Waals surface area (Å²) in [6.07, 6.45) is 3.95. The lowest BCUT2D eigenvalue weighted by Crippen LogP contribution is -2.41. The Kier molecular flexibility index (Phi) is 4.96. The summed E-state index contributed by atoms with van der Waals surface area (Å²) in [7, 11) is -0.295. The molecular weight excluding hydrogens is 262 g/mol. The lowest BCUT2D eigenvalue weighted by Gasteiger charge is -2.32. The molecule has 0 amide bonds. The van der Waals surface area contributed by atoms with Gasteiger partial charge in [0.05, 0.1) is 11.2 Å². The van der Waals surface area contributed by atoms with Gasteiger partial charge in [0.15, 0.2) is 0 Å². The number of halogens is 1. The smallest absolute Gasteiger partial charge is 0.400 e. The van der Waals surface area contributed by atoms with E-state index in [0.29, 0.717) is 12.8 Å². The highest BCUT2D eigenvalue weighted by molar-refractivity contribution is 6.54. The molecule has 1 heterocycles. The SMILES string of the molecule is CC1(F)CC=C(B2OC(C)(C)C(C)(C)O2)CC1.O=C=O. The number of hydrogen-bond donors (Lipinski definition) is 0. The minimum Gasteiger partial charge on any atom is -0.400 e. The molecule has 20 heavy (non-hydrogen) atoms. The van der Waals surface area contributed by atoms with Gasteiger partial charge in [-0.1, -0.05) is 6.08 Å². The average Bonchev–Trinajstić information content (AvgIpc) is 2.49. The number of alkyl halides is 1. The predicted octanol–water partition coefficient (Wildman–Crippen LogP) is 2.87. The molecule has 0 aromatic carbocycles. The van der Waals surface area contributed by atoms with Crippen LogP contribution in [0.15, 0.2) is 11.5 Å². The van der Waals surface area contributed by atoms with Crippen LogP contribution >= 0.6 is 0 Å². The summed E-state index contributed by atoms with van der Waals surface area (Å²) in [4.78, 5) is 16.2.